The van der Waals surface area contributed by atoms with Crippen molar-refractivity contribution in [1.82, 2.24) is 5.32 Å². The number of hydrogen-bond acceptors (Lipinski definition) is 2. The van der Waals surface area contributed by atoms with Crippen molar-refractivity contribution in [1.29, 1.82) is 5.26 Å². The average Bonchev–Trinajstić information content (AvgIpc) is 2.38. The van der Waals surface area contributed by atoms with Gasteiger partial charge < -0.3 is 5.32 Å². The lowest BCUT2D eigenvalue weighted by Gasteiger charge is -2.25. The largest absolute Gasteiger partial charge is 0.334 e. The van der Waals surface area contributed by atoms with Crippen LogP contribution in [-0.2, 0) is 0 Å². The summed E-state index contributed by atoms with van der Waals surface area (Å²) in [7, 11) is 0. The number of nitriles is 1. The molecule has 0 spiro atoms. The Hall–Kier alpha value is -1.05. The van der Waals surface area contributed by atoms with Crippen LogP contribution in [0.4, 0.5) is 0 Å². The molecule has 0 atom stereocenters. The third-order valence-corrected chi connectivity index (χ3v) is 3.87. The van der Waals surface area contributed by atoms with Gasteiger partial charge in [-0.3, -0.25) is 4.79 Å². The van der Waals surface area contributed by atoms with Crippen molar-refractivity contribution in [2.24, 2.45) is 0 Å². The van der Waals surface area contributed by atoms with Gasteiger partial charge in [-0.15, -0.1) is 0 Å². The molecule has 0 saturated carbocycles. The van der Waals surface area contributed by atoms with Crippen LogP contribution in [-0.4, -0.2) is 11.4 Å². The molecule has 1 aromatic rings. The molecule has 0 fully saturated rings. The van der Waals surface area contributed by atoms with Gasteiger partial charge in [0.15, 0.2) is 0 Å². The lowest BCUT2D eigenvalue weighted by Crippen LogP contribution is -2.46. The Kier molecular flexibility index (Phi) is 5.18. The van der Waals surface area contributed by atoms with Crippen LogP contribution in [0.2, 0.25) is 5.02 Å². The van der Waals surface area contributed by atoms with Crippen molar-refractivity contribution in [3.8, 4) is 6.07 Å². The smallest absolute Gasteiger partial charge is 0.253 e. The molecule has 0 unspecified atom stereocenters. The molecule has 0 aliphatic rings. The topological polar surface area (TPSA) is 52.9 Å². The monoisotopic (exact) mass is 328 g/mol. The Morgan fingerprint density at radius 3 is 2.61 bits per heavy atom. The molecule has 1 aromatic carbocycles. The molecule has 0 bridgehead atoms. The zero-order chi connectivity index (χ0) is 13.8. The maximum absolute atomic E-state index is 12.2. The van der Waals surface area contributed by atoms with Crippen molar-refractivity contribution in [2.45, 2.75) is 32.2 Å². The number of nitrogens with zero attached hydrogens (tertiary/aromatic N) is 1. The standard InChI is InChI=1S/C13H14BrClN2O/c1-3-13(4-2,8-16)17-12(18)10-7-9(15)5-6-11(10)14/h5-7H,3-4H2,1-2H3,(H,17,18). The summed E-state index contributed by atoms with van der Waals surface area (Å²) in [5.41, 5.74) is -0.386. The summed E-state index contributed by atoms with van der Waals surface area (Å²) in [6.07, 6.45) is 1.12. The summed E-state index contributed by atoms with van der Waals surface area (Å²) in [6, 6.07) is 7.15. The molecular weight excluding hydrogens is 316 g/mol. The maximum atomic E-state index is 12.2. The third kappa shape index (κ3) is 3.24. The first-order chi connectivity index (χ1) is 8.48. The van der Waals surface area contributed by atoms with Gasteiger partial charge >= 0.3 is 0 Å². The highest BCUT2D eigenvalue weighted by atomic mass is 79.9. The van der Waals surface area contributed by atoms with Gasteiger partial charge in [0.2, 0.25) is 0 Å². The lowest BCUT2D eigenvalue weighted by atomic mass is 9.94. The van der Waals surface area contributed by atoms with E-state index in [2.05, 4.69) is 27.3 Å². The van der Waals surface area contributed by atoms with Crippen LogP contribution in [0.1, 0.15) is 37.0 Å². The zero-order valence-corrected chi connectivity index (χ0v) is 12.6. The molecule has 1 rings (SSSR count). The molecule has 18 heavy (non-hydrogen) atoms. The summed E-state index contributed by atoms with van der Waals surface area (Å²) < 4.78 is 0.656. The number of carbonyl (C=O) groups is 1. The van der Waals surface area contributed by atoms with E-state index >= 15 is 0 Å². The normalized spacial score (nSPS) is 10.8. The van der Waals surface area contributed by atoms with Crippen molar-refractivity contribution >= 4 is 33.4 Å². The van der Waals surface area contributed by atoms with Gasteiger partial charge in [0, 0.05) is 9.50 Å². The fourth-order valence-corrected chi connectivity index (χ4v) is 2.17. The number of hydrogen-bond donors (Lipinski definition) is 1. The average molecular weight is 330 g/mol. The Balaban J connectivity index is 3.02. The predicted molar refractivity (Wildman–Crippen MR) is 75.5 cm³/mol. The van der Waals surface area contributed by atoms with E-state index in [-0.39, 0.29) is 5.91 Å². The predicted octanol–water partition coefficient (Wildman–Crippen LogP) is 3.91. The van der Waals surface area contributed by atoms with Crippen LogP contribution in [0, 0.1) is 11.3 Å². The second-order valence-electron chi connectivity index (χ2n) is 3.98. The molecule has 0 aliphatic carbocycles. The van der Waals surface area contributed by atoms with E-state index in [4.69, 9.17) is 11.6 Å². The first-order valence-corrected chi connectivity index (χ1v) is 6.84. The van der Waals surface area contributed by atoms with Gasteiger partial charge in [0.05, 0.1) is 11.6 Å². The Labute approximate surface area is 120 Å². The first kappa shape index (κ1) is 15.0. The fourth-order valence-electron chi connectivity index (χ4n) is 1.57. The number of halogens is 2. The van der Waals surface area contributed by atoms with Crippen molar-refractivity contribution in [2.75, 3.05) is 0 Å². The Bertz CT molecular complexity index is 492. The van der Waals surface area contributed by atoms with Crippen molar-refractivity contribution < 1.29 is 4.79 Å². The maximum Gasteiger partial charge on any atom is 0.253 e. The SMILES string of the molecule is CCC(C#N)(CC)NC(=O)c1cc(Cl)ccc1Br. The van der Waals surface area contributed by atoms with Gasteiger partial charge in [0.25, 0.3) is 5.91 Å². The first-order valence-electron chi connectivity index (χ1n) is 5.67. The quantitative estimate of drug-likeness (QED) is 0.910. The molecule has 0 aliphatic heterocycles. The summed E-state index contributed by atoms with van der Waals surface area (Å²) >= 11 is 9.17. The molecule has 96 valence electrons. The summed E-state index contributed by atoms with van der Waals surface area (Å²) in [5, 5.41) is 12.5. The molecule has 1 N–H and O–H groups in total. The molecule has 1 amide bonds. The van der Waals surface area contributed by atoms with Gasteiger partial charge in [0.1, 0.15) is 5.54 Å². The van der Waals surface area contributed by atoms with E-state index in [1.165, 1.54) is 0 Å². The van der Waals surface area contributed by atoms with E-state index in [9.17, 15) is 10.1 Å². The minimum atomic E-state index is -0.821. The van der Waals surface area contributed by atoms with E-state index in [0.717, 1.165) is 0 Å². The van der Waals surface area contributed by atoms with Gasteiger partial charge in [-0.25, -0.2) is 0 Å². The fraction of sp³-hybridized carbons (Fsp3) is 0.385. The molecule has 0 saturated heterocycles. The lowest BCUT2D eigenvalue weighted by molar-refractivity contribution is 0.0915. The summed E-state index contributed by atoms with van der Waals surface area (Å²) in [5.74, 6) is -0.297. The molecule has 3 nitrogen and oxygen atoms in total. The molecular formula is C13H14BrClN2O. The highest BCUT2D eigenvalue weighted by molar-refractivity contribution is 9.10. The van der Waals surface area contributed by atoms with Crippen LogP contribution >= 0.6 is 27.5 Å². The van der Waals surface area contributed by atoms with Crippen molar-refractivity contribution in [3.05, 3.63) is 33.3 Å². The van der Waals surface area contributed by atoms with Crippen LogP contribution in [0.5, 0.6) is 0 Å². The van der Waals surface area contributed by atoms with Crippen LogP contribution in [0.3, 0.4) is 0 Å². The number of benzene rings is 1. The minimum Gasteiger partial charge on any atom is -0.334 e. The molecule has 5 heteroatoms. The van der Waals surface area contributed by atoms with Crippen molar-refractivity contribution in [3.63, 3.8) is 0 Å². The zero-order valence-electron chi connectivity index (χ0n) is 10.3. The van der Waals surface area contributed by atoms with E-state index < -0.39 is 5.54 Å². The number of carbonyl (C=O) groups excluding carboxylic acids is 1. The van der Waals surface area contributed by atoms with Crippen LogP contribution in [0.15, 0.2) is 22.7 Å². The van der Waals surface area contributed by atoms with Gasteiger partial charge in [-0.2, -0.15) is 5.26 Å². The van der Waals surface area contributed by atoms with Crippen LogP contribution < -0.4 is 5.32 Å². The minimum absolute atomic E-state index is 0.297. The highest BCUT2D eigenvalue weighted by Crippen LogP contribution is 2.23. The Morgan fingerprint density at radius 2 is 2.11 bits per heavy atom. The number of rotatable bonds is 4. The summed E-state index contributed by atoms with van der Waals surface area (Å²) in [4.78, 5) is 12.2. The van der Waals surface area contributed by atoms with Gasteiger partial charge in [-0.1, -0.05) is 25.4 Å². The summed E-state index contributed by atoms with van der Waals surface area (Å²) in [6.45, 7) is 3.75. The third-order valence-electron chi connectivity index (χ3n) is 2.95. The molecule has 0 radical (unpaired) electrons. The molecule has 0 aromatic heterocycles. The van der Waals surface area contributed by atoms with E-state index in [0.29, 0.717) is 27.9 Å². The number of amides is 1. The second kappa shape index (κ2) is 6.21. The van der Waals surface area contributed by atoms with E-state index in [1.54, 1.807) is 18.2 Å². The van der Waals surface area contributed by atoms with Crippen LogP contribution in [0.25, 0.3) is 0 Å². The van der Waals surface area contributed by atoms with Gasteiger partial charge in [-0.05, 0) is 47.0 Å². The highest BCUT2D eigenvalue weighted by Gasteiger charge is 2.28. The van der Waals surface area contributed by atoms with E-state index in [1.807, 2.05) is 13.8 Å². The second-order valence-corrected chi connectivity index (χ2v) is 5.27. The Morgan fingerprint density at radius 1 is 1.50 bits per heavy atom. The number of nitrogens with one attached hydrogen (secondary N) is 1. The molecule has 0 heterocycles.